The first-order chi connectivity index (χ1) is 15.6. The fraction of sp³-hybridized carbons (Fsp3) is 0.727. The summed E-state index contributed by atoms with van der Waals surface area (Å²) in [5, 5.41) is 18.9. The number of nitrogens with zero attached hydrogens (tertiary/aromatic N) is 8. The summed E-state index contributed by atoms with van der Waals surface area (Å²) in [6.07, 6.45) is 7.00. The molecule has 0 radical (unpaired) electrons. The summed E-state index contributed by atoms with van der Waals surface area (Å²) in [7, 11) is 3.81. The maximum absolute atomic E-state index is 9.47. The smallest absolute Gasteiger partial charge is 0.227 e. The van der Waals surface area contributed by atoms with Gasteiger partial charge in [-0.2, -0.15) is 9.97 Å². The molecule has 2 N–H and O–H groups in total. The minimum atomic E-state index is 0.0390. The minimum absolute atomic E-state index is 0.0390. The zero-order chi connectivity index (χ0) is 22.5. The first-order valence-corrected chi connectivity index (χ1v) is 11.9. The van der Waals surface area contributed by atoms with Gasteiger partial charge in [0.2, 0.25) is 11.9 Å². The molecule has 0 amide bonds. The van der Waals surface area contributed by atoms with Gasteiger partial charge in [-0.1, -0.05) is 0 Å². The van der Waals surface area contributed by atoms with E-state index >= 15 is 0 Å². The Morgan fingerprint density at radius 3 is 1.34 bits per heavy atom. The summed E-state index contributed by atoms with van der Waals surface area (Å²) < 4.78 is 0. The topological polar surface area (TPSA) is 105 Å². The zero-order valence-corrected chi connectivity index (χ0v) is 19.4. The second kappa shape index (κ2) is 10.4. The van der Waals surface area contributed by atoms with Gasteiger partial charge in [0.05, 0.1) is 13.2 Å². The van der Waals surface area contributed by atoms with Gasteiger partial charge in [0, 0.05) is 53.4 Å². The quantitative estimate of drug-likeness (QED) is 0.618. The van der Waals surface area contributed by atoms with Crippen molar-refractivity contribution in [3.05, 3.63) is 0 Å². The summed E-state index contributed by atoms with van der Waals surface area (Å²) in [4.78, 5) is 28.1. The number of hydrogen-bond donors (Lipinski definition) is 2. The third-order valence-corrected chi connectivity index (χ3v) is 6.35. The van der Waals surface area contributed by atoms with Crippen LogP contribution in [0.25, 0.3) is 11.0 Å². The van der Waals surface area contributed by atoms with Crippen molar-refractivity contribution in [1.29, 1.82) is 0 Å². The number of hydrogen-bond acceptors (Lipinski definition) is 10. The Morgan fingerprint density at radius 2 is 1.00 bits per heavy atom. The standard InChI is InChI=1S/C22H36N8O2/c1-27(13-15-31)21-23-17-18(19(25-21)29-9-5-3-6-10-29)24-22(28(2)14-16-32)26-20(17)30-11-7-4-8-12-30/h31-32H,3-16H2,1-2H3. The second-order valence-electron chi connectivity index (χ2n) is 8.78. The predicted molar refractivity (Wildman–Crippen MR) is 128 cm³/mol. The van der Waals surface area contributed by atoms with Gasteiger partial charge in [-0.3, -0.25) is 0 Å². The highest BCUT2D eigenvalue weighted by atomic mass is 16.3. The van der Waals surface area contributed by atoms with Gasteiger partial charge < -0.3 is 29.8 Å². The average Bonchev–Trinajstić information content (AvgIpc) is 2.84. The lowest BCUT2D eigenvalue weighted by atomic mass is 10.1. The molecule has 4 heterocycles. The maximum atomic E-state index is 9.47. The minimum Gasteiger partial charge on any atom is -0.395 e. The Labute approximate surface area is 189 Å². The molecule has 2 saturated heterocycles. The highest BCUT2D eigenvalue weighted by molar-refractivity contribution is 5.95. The number of rotatable bonds is 8. The van der Waals surface area contributed by atoms with E-state index in [1.165, 1.54) is 12.8 Å². The molecule has 0 aromatic carbocycles. The molecule has 0 saturated carbocycles. The highest BCUT2D eigenvalue weighted by Crippen LogP contribution is 2.34. The molecule has 176 valence electrons. The third-order valence-electron chi connectivity index (χ3n) is 6.35. The Kier molecular flexibility index (Phi) is 7.41. The van der Waals surface area contributed by atoms with Crippen LogP contribution < -0.4 is 19.6 Å². The van der Waals surface area contributed by atoms with Gasteiger partial charge in [0.25, 0.3) is 0 Å². The van der Waals surface area contributed by atoms with Crippen molar-refractivity contribution in [2.24, 2.45) is 0 Å². The van der Waals surface area contributed by atoms with Crippen molar-refractivity contribution in [3.8, 4) is 0 Å². The molecular weight excluding hydrogens is 408 g/mol. The van der Waals surface area contributed by atoms with Gasteiger partial charge in [0.1, 0.15) is 11.0 Å². The van der Waals surface area contributed by atoms with E-state index in [2.05, 4.69) is 9.80 Å². The molecule has 2 fully saturated rings. The fourth-order valence-corrected chi connectivity index (χ4v) is 4.46. The van der Waals surface area contributed by atoms with Crippen molar-refractivity contribution in [3.63, 3.8) is 0 Å². The zero-order valence-electron chi connectivity index (χ0n) is 19.4. The van der Waals surface area contributed by atoms with Gasteiger partial charge in [-0.05, 0) is 38.5 Å². The molecule has 2 aromatic rings. The van der Waals surface area contributed by atoms with Crippen LogP contribution in [0.15, 0.2) is 0 Å². The number of aliphatic hydroxyl groups excluding tert-OH is 2. The van der Waals surface area contributed by atoms with Gasteiger partial charge >= 0.3 is 0 Å². The normalized spacial score (nSPS) is 17.1. The molecule has 2 aliphatic heterocycles. The van der Waals surface area contributed by atoms with Crippen LogP contribution in [0.3, 0.4) is 0 Å². The van der Waals surface area contributed by atoms with Gasteiger partial charge in [-0.25, -0.2) is 9.97 Å². The van der Waals surface area contributed by atoms with Crippen LogP contribution in [0.2, 0.25) is 0 Å². The van der Waals surface area contributed by atoms with Crippen molar-refractivity contribution in [1.82, 2.24) is 19.9 Å². The second-order valence-corrected chi connectivity index (χ2v) is 8.78. The van der Waals surface area contributed by atoms with E-state index in [1.54, 1.807) is 0 Å². The lowest BCUT2D eigenvalue weighted by Crippen LogP contribution is -2.34. The number of piperidine rings is 2. The molecule has 2 aromatic heterocycles. The molecule has 0 spiro atoms. The van der Waals surface area contributed by atoms with Crippen LogP contribution in [0, 0.1) is 0 Å². The van der Waals surface area contributed by atoms with E-state index in [0.717, 1.165) is 74.5 Å². The largest absolute Gasteiger partial charge is 0.395 e. The summed E-state index contributed by atoms with van der Waals surface area (Å²) in [6.45, 7) is 4.78. The molecule has 4 rings (SSSR count). The predicted octanol–water partition coefficient (Wildman–Crippen LogP) is 1.26. The number of fused-ring (bicyclic) bond motifs is 1. The summed E-state index contributed by atoms with van der Waals surface area (Å²) in [5.41, 5.74) is 1.53. The molecule has 2 aliphatic rings. The number of aromatic nitrogens is 4. The van der Waals surface area contributed by atoms with Crippen LogP contribution in [-0.2, 0) is 0 Å². The van der Waals surface area contributed by atoms with Crippen molar-refractivity contribution < 1.29 is 10.2 Å². The van der Waals surface area contributed by atoms with Crippen molar-refractivity contribution in [2.45, 2.75) is 38.5 Å². The van der Waals surface area contributed by atoms with E-state index in [9.17, 15) is 10.2 Å². The van der Waals surface area contributed by atoms with Crippen LogP contribution in [-0.4, -0.2) is 96.7 Å². The Balaban J connectivity index is 1.92. The number of anilines is 4. The Bertz CT molecular complexity index is 826. The molecule has 0 atom stereocenters. The number of aliphatic hydroxyl groups is 2. The van der Waals surface area contributed by atoms with Crippen LogP contribution in [0.5, 0.6) is 0 Å². The summed E-state index contributed by atoms with van der Waals surface area (Å²) in [6, 6.07) is 0. The van der Waals surface area contributed by atoms with E-state index in [0.29, 0.717) is 25.0 Å². The SMILES string of the molecule is CN(CCO)c1nc(N2CCCCC2)c2nc(N(C)CCO)nc(N3CCCCC3)c2n1. The van der Waals surface area contributed by atoms with Crippen LogP contribution >= 0.6 is 0 Å². The van der Waals surface area contributed by atoms with E-state index in [4.69, 9.17) is 19.9 Å². The fourth-order valence-electron chi connectivity index (χ4n) is 4.46. The van der Waals surface area contributed by atoms with E-state index < -0.39 is 0 Å². The van der Waals surface area contributed by atoms with Crippen LogP contribution in [0.1, 0.15) is 38.5 Å². The molecule has 0 aliphatic carbocycles. The van der Waals surface area contributed by atoms with Crippen molar-refractivity contribution in [2.75, 3.05) is 86.2 Å². The van der Waals surface area contributed by atoms with E-state index in [1.807, 2.05) is 23.9 Å². The third kappa shape index (κ3) is 4.80. The summed E-state index contributed by atoms with van der Waals surface area (Å²) in [5.74, 6) is 2.86. The lowest BCUT2D eigenvalue weighted by Gasteiger charge is -2.32. The monoisotopic (exact) mass is 444 g/mol. The van der Waals surface area contributed by atoms with Gasteiger partial charge in [0.15, 0.2) is 11.6 Å². The molecule has 10 heteroatoms. The molecule has 32 heavy (non-hydrogen) atoms. The lowest BCUT2D eigenvalue weighted by molar-refractivity contribution is 0.303. The van der Waals surface area contributed by atoms with Crippen LogP contribution in [0.4, 0.5) is 23.5 Å². The number of likely N-dealkylation sites (N-methyl/N-ethyl adjacent to an activating group) is 2. The van der Waals surface area contributed by atoms with Crippen molar-refractivity contribution >= 4 is 34.6 Å². The summed E-state index contributed by atoms with van der Waals surface area (Å²) >= 11 is 0. The molecule has 10 nitrogen and oxygen atoms in total. The molecule has 0 unspecified atom stereocenters. The highest BCUT2D eigenvalue weighted by Gasteiger charge is 2.26. The molecule has 0 bridgehead atoms. The first kappa shape index (κ1) is 22.7. The Hall–Kier alpha value is -2.46. The Morgan fingerprint density at radius 1 is 0.625 bits per heavy atom. The maximum Gasteiger partial charge on any atom is 0.227 e. The first-order valence-electron chi connectivity index (χ1n) is 11.9. The molecular formula is C22H36N8O2. The van der Waals surface area contributed by atoms with Gasteiger partial charge in [-0.15, -0.1) is 0 Å². The average molecular weight is 445 g/mol. The van der Waals surface area contributed by atoms with E-state index in [-0.39, 0.29) is 13.2 Å².